The van der Waals surface area contributed by atoms with Gasteiger partial charge in [-0.1, -0.05) is 6.92 Å². The van der Waals surface area contributed by atoms with Crippen molar-refractivity contribution in [3.8, 4) is 0 Å². The second-order valence-corrected chi connectivity index (χ2v) is 4.62. The first-order chi connectivity index (χ1) is 8.13. The first-order valence-corrected chi connectivity index (χ1v) is 6.36. The van der Waals surface area contributed by atoms with E-state index in [1.165, 1.54) is 6.42 Å². The van der Waals surface area contributed by atoms with Crippen LogP contribution in [0.25, 0.3) is 0 Å². The van der Waals surface area contributed by atoms with E-state index in [0.717, 1.165) is 25.9 Å². The molecule has 3 N–H and O–H groups in total. The molecule has 0 saturated carbocycles. The Kier molecular flexibility index (Phi) is 5.97. The molecular formula is C12H22N2O3. The summed E-state index contributed by atoms with van der Waals surface area (Å²) >= 11 is 0. The van der Waals surface area contributed by atoms with Crippen LogP contribution in [0.2, 0.25) is 0 Å². The van der Waals surface area contributed by atoms with Gasteiger partial charge >= 0.3 is 5.97 Å². The third-order valence-corrected chi connectivity index (χ3v) is 3.22. The number of carboxylic acid groups (broad SMARTS) is 1. The van der Waals surface area contributed by atoms with Crippen LogP contribution in [0.3, 0.4) is 0 Å². The molecule has 2 atom stereocenters. The zero-order chi connectivity index (χ0) is 12.7. The number of piperidine rings is 1. The number of aliphatic carboxylic acids is 1. The van der Waals surface area contributed by atoms with E-state index < -0.39 is 12.0 Å². The average molecular weight is 242 g/mol. The second kappa shape index (κ2) is 7.27. The summed E-state index contributed by atoms with van der Waals surface area (Å²) in [6, 6.07) is -0.744. The lowest BCUT2D eigenvalue weighted by atomic mass is 9.94. The van der Waals surface area contributed by atoms with Crippen molar-refractivity contribution in [2.75, 3.05) is 13.1 Å². The molecule has 1 rings (SSSR count). The number of rotatable bonds is 6. The molecule has 1 amide bonds. The van der Waals surface area contributed by atoms with Crippen LogP contribution in [0, 0.1) is 5.92 Å². The summed E-state index contributed by atoms with van der Waals surface area (Å²) in [4.78, 5) is 22.3. The largest absolute Gasteiger partial charge is 0.480 e. The maximum atomic E-state index is 11.6. The molecule has 1 saturated heterocycles. The van der Waals surface area contributed by atoms with Crippen molar-refractivity contribution in [2.24, 2.45) is 5.92 Å². The van der Waals surface area contributed by atoms with Crippen molar-refractivity contribution in [2.45, 2.75) is 45.1 Å². The number of carbonyl (C=O) groups excluding carboxylic acids is 1. The Balaban J connectivity index is 2.21. The van der Waals surface area contributed by atoms with Crippen LogP contribution in [0.5, 0.6) is 0 Å². The average Bonchev–Trinajstić information content (AvgIpc) is 2.34. The van der Waals surface area contributed by atoms with Gasteiger partial charge in [-0.25, -0.2) is 4.79 Å². The van der Waals surface area contributed by atoms with E-state index in [1.54, 1.807) is 6.92 Å². The summed E-state index contributed by atoms with van der Waals surface area (Å²) in [6.45, 7) is 3.80. The fourth-order valence-corrected chi connectivity index (χ4v) is 2.11. The molecule has 0 aliphatic carbocycles. The molecule has 0 radical (unpaired) electrons. The molecule has 5 nitrogen and oxygen atoms in total. The predicted octanol–water partition coefficient (Wildman–Crippen LogP) is 0.746. The van der Waals surface area contributed by atoms with Crippen molar-refractivity contribution in [1.82, 2.24) is 10.6 Å². The van der Waals surface area contributed by atoms with Gasteiger partial charge in [-0.2, -0.15) is 0 Å². The number of carbonyl (C=O) groups is 2. The van der Waals surface area contributed by atoms with Gasteiger partial charge in [-0.3, -0.25) is 4.79 Å². The van der Waals surface area contributed by atoms with E-state index >= 15 is 0 Å². The van der Waals surface area contributed by atoms with Gasteiger partial charge in [-0.05, 0) is 44.7 Å². The zero-order valence-corrected chi connectivity index (χ0v) is 10.4. The number of hydrogen-bond acceptors (Lipinski definition) is 3. The van der Waals surface area contributed by atoms with Gasteiger partial charge in [0, 0.05) is 6.42 Å². The molecule has 0 aromatic rings. The van der Waals surface area contributed by atoms with Crippen LogP contribution in [-0.2, 0) is 9.59 Å². The molecule has 0 aromatic carbocycles. The number of carboxylic acids is 1. The van der Waals surface area contributed by atoms with Crippen molar-refractivity contribution in [3.05, 3.63) is 0 Å². The normalized spacial score (nSPS) is 21.8. The van der Waals surface area contributed by atoms with Gasteiger partial charge in [0.1, 0.15) is 6.04 Å². The zero-order valence-electron chi connectivity index (χ0n) is 10.4. The van der Waals surface area contributed by atoms with Crippen LogP contribution >= 0.6 is 0 Å². The SMILES string of the molecule is CC[C@H](NC(=O)CCC1CCCNC1)C(=O)O. The van der Waals surface area contributed by atoms with E-state index in [-0.39, 0.29) is 5.91 Å². The highest BCUT2D eigenvalue weighted by molar-refractivity contribution is 5.83. The minimum atomic E-state index is -0.958. The third-order valence-electron chi connectivity index (χ3n) is 3.22. The van der Waals surface area contributed by atoms with Gasteiger partial charge in [0.05, 0.1) is 0 Å². The standard InChI is InChI=1S/C12H22N2O3/c1-2-10(12(16)17)14-11(15)6-5-9-4-3-7-13-8-9/h9-10,13H,2-8H2,1H3,(H,14,15)(H,16,17)/t9?,10-/m0/s1. The van der Waals surface area contributed by atoms with Crippen molar-refractivity contribution < 1.29 is 14.7 Å². The van der Waals surface area contributed by atoms with E-state index in [1.807, 2.05) is 0 Å². The summed E-state index contributed by atoms with van der Waals surface area (Å²) in [5.41, 5.74) is 0. The lowest BCUT2D eigenvalue weighted by molar-refractivity contribution is -0.141. The van der Waals surface area contributed by atoms with Gasteiger partial charge < -0.3 is 15.7 Å². The molecule has 0 spiro atoms. The van der Waals surface area contributed by atoms with Crippen LogP contribution in [0.4, 0.5) is 0 Å². The molecule has 1 aliphatic heterocycles. The van der Waals surface area contributed by atoms with E-state index in [9.17, 15) is 9.59 Å². The molecule has 17 heavy (non-hydrogen) atoms. The monoisotopic (exact) mass is 242 g/mol. The quantitative estimate of drug-likeness (QED) is 0.642. The molecule has 0 bridgehead atoms. The molecule has 0 aromatic heterocycles. The fourth-order valence-electron chi connectivity index (χ4n) is 2.11. The van der Waals surface area contributed by atoms with E-state index in [4.69, 9.17) is 5.11 Å². The van der Waals surface area contributed by atoms with Gasteiger partial charge in [-0.15, -0.1) is 0 Å². The predicted molar refractivity (Wildman–Crippen MR) is 64.7 cm³/mol. The number of hydrogen-bond donors (Lipinski definition) is 3. The van der Waals surface area contributed by atoms with Crippen molar-refractivity contribution in [1.29, 1.82) is 0 Å². The minimum absolute atomic E-state index is 0.148. The lowest BCUT2D eigenvalue weighted by Crippen LogP contribution is -2.40. The molecule has 98 valence electrons. The summed E-state index contributed by atoms with van der Waals surface area (Å²) in [6.07, 6.45) is 4.02. The molecule has 5 heteroatoms. The van der Waals surface area contributed by atoms with Gasteiger partial charge in [0.2, 0.25) is 5.91 Å². The smallest absolute Gasteiger partial charge is 0.326 e. The Hall–Kier alpha value is -1.10. The summed E-state index contributed by atoms with van der Waals surface area (Å²) in [5.74, 6) is -0.551. The molecule has 1 heterocycles. The van der Waals surface area contributed by atoms with Crippen LogP contribution in [-0.4, -0.2) is 36.1 Å². The lowest BCUT2D eigenvalue weighted by Gasteiger charge is -2.22. The van der Waals surface area contributed by atoms with E-state index in [2.05, 4.69) is 10.6 Å². The summed E-state index contributed by atoms with van der Waals surface area (Å²) in [7, 11) is 0. The van der Waals surface area contributed by atoms with Crippen molar-refractivity contribution in [3.63, 3.8) is 0 Å². The van der Waals surface area contributed by atoms with Gasteiger partial charge in [0.15, 0.2) is 0 Å². The van der Waals surface area contributed by atoms with Crippen molar-refractivity contribution >= 4 is 11.9 Å². The Morgan fingerprint density at radius 2 is 2.29 bits per heavy atom. The van der Waals surface area contributed by atoms with Crippen LogP contribution in [0.15, 0.2) is 0 Å². The molecule has 1 fully saturated rings. The maximum absolute atomic E-state index is 11.6. The van der Waals surface area contributed by atoms with E-state index in [0.29, 0.717) is 18.8 Å². The minimum Gasteiger partial charge on any atom is -0.480 e. The Labute approximate surface area is 102 Å². The highest BCUT2D eigenvalue weighted by atomic mass is 16.4. The van der Waals surface area contributed by atoms with Crippen LogP contribution in [0.1, 0.15) is 39.0 Å². The molecule has 1 aliphatic rings. The number of nitrogens with one attached hydrogen (secondary N) is 2. The Morgan fingerprint density at radius 1 is 1.53 bits per heavy atom. The molecule has 1 unspecified atom stereocenters. The first-order valence-electron chi connectivity index (χ1n) is 6.36. The Morgan fingerprint density at radius 3 is 2.82 bits per heavy atom. The highest BCUT2D eigenvalue weighted by Gasteiger charge is 2.19. The topological polar surface area (TPSA) is 78.4 Å². The van der Waals surface area contributed by atoms with Gasteiger partial charge in [0.25, 0.3) is 0 Å². The Bertz CT molecular complexity index is 262. The summed E-state index contributed by atoms with van der Waals surface area (Å²) < 4.78 is 0. The highest BCUT2D eigenvalue weighted by Crippen LogP contribution is 2.15. The fraction of sp³-hybridized carbons (Fsp3) is 0.833. The maximum Gasteiger partial charge on any atom is 0.326 e. The molecular weight excluding hydrogens is 220 g/mol. The second-order valence-electron chi connectivity index (χ2n) is 4.62. The van der Waals surface area contributed by atoms with Crippen LogP contribution < -0.4 is 10.6 Å². The third kappa shape index (κ3) is 5.17. The number of amides is 1. The summed E-state index contributed by atoms with van der Waals surface area (Å²) in [5, 5.41) is 14.7. The first kappa shape index (κ1) is 14.0.